The van der Waals surface area contributed by atoms with Crippen LogP contribution in [0.2, 0.25) is 0 Å². The van der Waals surface area contributed by atoms with Crippen molar-refractivity contribution < 1.29 is 9.53 Å². The van der Waals surface area contributed by atoms with E-state index in [0.717, 1.165) is 33.3 Å². The molecule has 0 unspecified atom stereocenters. The first-order chi connectivity index (χ1) is 9.10. The van der Waals surface area contributed by atoms with Crippen LogP contribution < -0.4 is 4.74 Å². The van der Waals surface area contributed by atoms with Crippen LogP contribution in [0.3, 0.4) is 0 Å². The Morgan fingerprint density at radius 2 is 1.95 bits per heavy atom. The van der Waals surface area contributed by atoms with Crippen LogP contribution in [-0.2, 0) is 6.61 Å². The van der Waals surface area contributed by atoms with Gasteiger partial charge in [-0.2, -0.15) is 0 Å². The van der Waals surface area contributed by atoms with Crippen molar-refractivity contribution in [2.45, 2.75) is 20.5 Å². The van der Waals surface area contributed by atoms with Crippen molar-refractivity contribution in [2.24, 2.45) is 0 Å². The van der Waals surface area contributed by atoms with E-state index in [1.54, 1.807) is 6.20 Å². The van der Waals surface area contributed by atoms with Crippen LogP contribution >= 0.6 is 15.9 Å². The molecule has 98 valence electrons. The molecule has 4 heteroatoms. The number of hydrogen-bond donors (Lipinski definition) is 0. The number of nitrogens with zero attached hydrogens (tertiary/aromatic N) is 1. The van der Waals surface area contributed by atoms with Gasteiger partial charge in [-0.1, -0.05) is 0 Å². The predicted molar refractivity (Wildman–Crippen MR) is 77.6 cm³/mol. The number of aromatic nitrogens is 1. The number of aryl methyl sites for hydroxylation is 2. The minimum absolute atomic E-state index is 0.412. The molecule has 0 saturated heterocycles. The van der Waals surface area contributed by atoms with Crippen molar-refractivity contribution >= 4 is 22.2 Å². The molecule has 0 spiro atoms. The van der Waals surface area contributed by atoms with Gasteiger partial charge in [0.15, 0.2) is 0 Å². The monoisotopic (exact) mass is 319 g/mol. The summed E-state index contributed by atoms with van der Waals surface area (Å²) in [6.45, 7) is 4.28. The highest BCUT2D eigenvalue weighted by Crippen LogP contribution is 2.25. The molecule has 0 aliphatic rings. The van der Waals surface area contributed by atoms with Crippen molar-refractivity contribution in [1.82, 2.24) is 4.98 Å². The highest BCUT2D eigenvalue weighted by atomic mass is 79.9. The second-order valence-electron chi connectivity index (χ2n) is 4.36. The fourth-order valence-corrected chi connectivity index (χ4v) is 2.15. The average molecular weight is 320 g/mol. The van der Waals surface area contributed by atoms with Crippen LogP contribution in [0.1, 0.15) is 27.2 Å². The van der Waals surface area contributed by atoms with Crippen LogP contribution in [0.4, 0.5) is 0 Å². The number of aldehydes is 1. The molecule has 0 atom stereocenters. The lowest BCUT2D eigenvalue weighted by molar-refractivity contribution is 0.112. The molecule has 2 rings (SSSR count). The van der Waals surface area contributed by atoms with Gasteiger partial charge in [0.2, 0.25) is 0 Å². The van der Waals surface area contributed by atoms with Gasteiger partial charge in [-0.3, -0.25) is 9.78 Å². The van der Waals surface area contributed by atoms with Crippen LogP contribution in [0.25, 0.3) is 0 Å². The molecule has 0 aliphatic heterocycles. The Morgan fingerprint density at radius 3 is 2.47 bits per heavy atom. The zero-order valence-corrected chi connectivity index (χ0v) is 12.4. The van der Waals surface area contributed by atoms with Crippen LogP contribution in [0, 0.1) is 13.8 Å². The molecule has 0 fully saturated rings. The predicted octanol–water partition coefficient (Wildman–Crippen LogP) is 3.85. The maximum Gasteiger partial charge on any atom is 0.150 e. The lowest BCUT2D eigenvalue weighted by atomic mass is 10.1. The Kier molecular flexibility index (Phi) is 4.32. The van der Waals surface area contributed by atoms with Gasteiger partial charge < -0.3 is 4.74 Å². The minimum Gasteiger partial charge on any atom is -0.487 e. The number of rotatable bonds is 4. The molecular weight excluding hydrogens is 306 g/mol. The summed E-state index contributed by atoms with van der Waals surface area (Å²) in [5, 5.41) is 0. The summed E-state index contributed by atoms with van der Waals surface area (Å²) in [7, 11) is 0. The third kappa shape index (κ3) is 3.41. The zero-order chi connectivity index (χ0) is 13.8. The third-order valence-electron chi connectivity index (χ3n) is 2.77. The number of pyridine rings is 1. The van der Waals surface area contributed by atoms with Crippen LogP contribution in [0.15, 0.2) is 34.9 Å². The smallest absolute Gasteiger partial charge is 0.150 e. The number of carbonyl (C=O) groups excluding carboxylic acids is 1. The Hall–Kier alpha value is -1.68. The summed E-state index contributed by atoms with van der Waals surface area (Å²) < 4.78 is 6.74. The summed E-state index contributed by atoms with van der Waals surface area (Å²) in [6.07, 6.45) is 2.59. The first-order valence-corrected chi connectivity index (χ1v) is 6.69. The van der Waals surface area contributed by atoms with Gasteiger partial charge in [-0.25, -0.2) is 0 Å². The number of halogens is 1. The molecule has 0 saturated carbocycles. The SMILES string of the molecule is Cc1cc(C=O)cc(C)c1OCc1ccc(Br)cn1. The normalized spacial score (nSPS) is 10.3. The molecule has 0 bridgehead atoms. The molecule has 0 radical (unpaired) electrons. The van der Waals surface area contributed by atoms with E-state index >= 15 is 0 Å². The number of carbonyl (C=O) groups is 1. The maximum absolute atomic E-state index is 10.8. The molecule has 2 aromatic rings. The van der Waals surface area contributed by atoms with Gasteiger partial charge in [-0.05, 0) is 65.2 Å². The minimum atomic E-state index is 0.412. The highest BCUT2D eigenvalue weighted by Gasteiger charge is 2.07. The lowest BCUT2D eigenvalue weighted by Gasteiger charge is -2.12. The van der Waals surface area contributed by atoms with Crippen LogP contribution in [-0.4, -0.2) is 11.3 Å². The fourth-order valence-electron chi connectivity index (χ4n) is 1.92. The first-order valence-electron chi connectivity index (χ1n) is 5.90. The molecule has 1 heterocycles. The first kappa shape index (κ1) is 13.7. The second-order valence-corrected chi connectivity index (χ2v) is 5.27. The number of hydrogen-bond acceptors (Lipinski definition) is 3. The quantitative estimate of drug-likeness (QED) is 0.803. The second kappa shape index (κ2) is 5.97. The Morgan fingerprint density at radius 1 is 1.26 bits per heavy atom. The van der Waals surface area contributed by atoms with Crippen molar-refractivity contribution in [3.05, 3.63) is 57.3 Å². The van der Waals surface area contributed by atoms with E-state index in [0.29, 0.717) is 12.2 Å². The standard InChI is InChI=1S/C15H14BrNO2/c1-10-5-12(8-18)6-11(2)15(10)19-9-14-4-3-13(16)7-17-14/h3-8H,9H2,1-2H3. The summed E-state index contributed by atoms with van der Waals surface area (Å²) >= 11 is 3.34. The van der Waals surface area contributed by atoms with E-state index in [-0.39, 0.29) is 0 Å². The van der Waals surface area contributed by atoms with Crippen molar-refractivity contribution in [2.75, 3.05) is 0 Å². The molecule has 1 aromatic carbocycles. The number of benzene rings is 1. The molecule has 0 N–H and O–H groups in total. The van der Waals surface area contributed by atoms with E-state index in [1.165, 1.54) is 0 Å². The van der Waals surface area contributed by atoms with E-state index in [4.69, 9.17) is 4.74 Å². The van der Waals surface area contributed by atoms with Gasteiger partial charge in [-0.15, -0.1) is 0 Å². The van der Waals surface area contributed by atoms with Gasteiger partial charge in [0.1, 0.15) is 18.6 Å². The van der Waals surface area contributed by atoms with Gasteiger partial charge in [0, 0.05) is 16.2 Å². The molecule has 1 aromatic heterocycles. The van der Waals surface area contributed by atoms with E-state index in [9.17, 15) is 4.79 Å². The zero-order valence-electron chi connectivity index (χ0n) is 10.8. The van der Waals surface area contributed by atoms with Crippen LogP contribution in [0.5, 0.6) is 5.75 Å². The van der Waals surface area contributed by atoms with Crippen molar-refractivity contribution in [3.8, 4) is 5.75 Å². The van der Waals surface area contributed by atoms with Gasteiger partial charge in [0.05, 0.1) is 5.69 Å². The van der Waals surface area contributed by atoms with E-state index in [1.807, 2.05) is 38.1 Å². The van der Waals surface area contributed by atoms with Gasteiger partial charge >= 0.3 is 0 Å². The van der Waals surface area contributed by atoms with Gasteiger partial charge in [0.25, 0.3) is 0 Å². The fraction of sp³-hybridized carbons (Fsp3) is 0.200. The molecule has 0 aliphatic carbocycles. The average Bonchev–Trinajstić information content (AvgIpc) is 2.39. The third-order valence-corrected chi connectivity index (χ3v) is 3.24. The summed E-state index contributed by atoms with van der Waals surface area (Å²) in [5.74, 6) is 0.815. The Balaban J connectivity index is 2.15. The van der Waals surface area contributed by atoms with Crippen molar-refractivity contribution in [1.29, 1.82) is 0 Å². The number of ether oxygens (including phenoxy) is 1. The lowest BCUT2D eigenvalue weighted by Crippen LogP contribution is -2.01. The van der Waals surface area contributed by atoms with E-state index < -0.39 is 0 Å². The molecule has 0 amide bonds. The highest BCUT2D eigenvalue weighted by molar-refractivity contribution is 9.10. The van der Waals surface area contributed by atoms with E-state index in [2.05, 4.69) is 20.9 Å². The Bertz CT molecular complexity index is 571. The molecular formula is C15H14BrNO2. The van der Waals surface area contributed by atoms with Crippen molar-refractivity contribution in [3.63, 3.8) is 0 Å². The summed E-state index contributed by atoms with van der Waals surface area (Å²) in [6, 6.07) is 7.49. The maximum atomic E-state index is 10.8. The largest absolute Gasteiger partial charge is 0.487 e. The molecule has 3 nitrogen and oxygen atoms in total. The summed E-state index contributed by atoms with van der Waals surface area (Å²) in [5.41, 5.74) is 3.45. The topological polar surface area (TPSA) is 39.2 Å². The molecule has 19 heavy (non-hydrogen) atoms. The summed E-state index contributed by atoms with van der Waals surface area (Å²) in [4.78, 5) is 15.0. The Labute approximate surface area is 120 Å².